The molecule has 0 saturated heterocycles. The van der Waals surface area contributed by atoms with Crippen LogP contribution in [-0.2, 0) is 5.41 Å². The van der Waals surface area contributed by atoms with Gasteiger partial charge in [0.15, 0.2) is 0 Å². The first-order valence-electron chi connectivity index (χ1n) is 18.8. The van der Waals surface area contributed by atoms with Crippen LogP contribution in [0.15, 0.2) is 188 Å². The molecule has 3 nitrogen and oxygen atoms in total. The summed E-state index contributed by atoms with van der Waals surface area (Å²) in [4.78, 5) is 4.70. The molecule has 0 atom stereocenters. The third-order valence-corrected chi connectivity index (χ3v) is 11.6. The molecule has 10 aromatic rings. The molecule has 1 aliphatic carbocycles. The Kier molecular flexibility index (Phi) is 6.60. The van der Waals surface area contributed by atoms with Gasteiger partial charge in [0.05, 0.1) is 11.0 Å². The Morgan fingerprint density at radius 2 is 0.926 bits per heavy atom. The molecule has 3 heteroatoms. The lowest BCUT2D eigenvalue weighted by molar-refractivity contribution is 0.634. The van der Waals surface area contributed by atoms with Crippen molar-refractivity contribution in [1.82, 2.24) is 4.40 Å². The number of benzene rings is 8. The second-order valence-corrected chi connectivity index (χ2v) is 15.0. The molecule has 0 saturated carbocycles. The molecule has 2 heterocycles. The van der Waals surface area contributed by atoms with E-state index in [-0.39, 0.29) is 5.41 Å². The first-order chi connectivity index (χ1) is 26.6. The highest BCUT2D eigenvalue weighted by molar-refractivity contribution is 6.20. The van der Waals surface area contributed by atoms with Gasteiger partial charge in [-0.05, 0) is 113 Å². The van der Waals surface area contributed by atoms with E-state index in [0.717, 1.165) is 34.1 Å². The molecule has 2 aromatic heterocycles. The second kappa shape index (κ2) is 11.6. The standard InChI is InChI=1S/C51H37N3/c1-51(2)46-32-34-26-27-40(52(36-16-7-3-8-17-36)37-18-9-4-10-19-37)30-35(34)31-45(46)48-43-25-15-24-42-44-33-41(28-29-47(44)54(49(42)43)50(48)51)53(38-20-11-5-12-21-38)39-22-13-6-14-23-39/h3-33H,1-2H3. The van der Waals surface area contributed by atoms with E-state index < -0.39 is 0 Å². The molecule has 0 aliphatic heterocycles. The first-order valence-corrected chi connectivity index (χ1v) is 18.8. The van der Waals surface area contributed by atoms with E-state index in [2.05, 4.69) is 216 Å². The average Bonchev–Trinajstić information content (AvgIpc) is 3.82. The number of hydrogen-bond acceptors (Lipinski definition) is 2. The molecule has 11 rings (SSSR count). The number of para-hydroxylation sites is 5. The number of rotatable bonds is 6. The van der Waals surface area contributed by atoms with E-state index in [0.29, 0.717) is 0 Å². The third kappa shape index (κ3) is 4.42. The largest absolute Gasteiger partial charge is 0.311 e. The molecule has 8 aromatic carbocycles. The highest BCUT2D eigenvalue weighted by Gasteiger charge is 2.41. The van der Waals surface area contributed by atoms with Gasteiger partial charge in [0, 0.05) is 67.0 Å². The Balaban J connectivity index is 1.11. The number of fused-ring (bicyclic) bond motifs is 9. The van der Waals surface area contributed by atoms with E-state index in [9.17, 15) is 0 Å². The van der Waals surface area contributed by atoms with E-state index >= 15 is 0 Å². The molecule has 0 spiro atoms. The Bertz CT molecular complexity index is 2920. The van der Waals surface area contributed by atoms with Gasteiger partial charge in [0.1, 0.15) is 0 Å². The summed E-state index contributed by atoms with van der Waals surface area (Å²) < 4.78 is 2.58. The van der Waals surface area contributed by atoms with Gasteiger partial charge in [-0.3, -0.25) is 0 Å². The van der Waals surface area contributed by atoms with Crippen LogP contribution < -0.4 is 9.80 Å². The van der Waals surface area contributed by atoms with Crippen molar-refractivity contribution in [1.29, 1.82) is 0 Å². The zero-order valence-electron chi connectivity index (χ0n) is 30.2. The molecular formula is C51H37N3. The molecular weight excluding hydrogens is 655 g/mol. The molecule has 0 unspecified atom stereocenters. The average molecular weight is 692 g/mol. The molecule has 0 amide bonds. The summed E-state index contributed by atoms with van der Waals surface area (Å²) in [5, 5.41) is 6.39. The molecule has 0 bridgehead atoms. The van der Waals surface area contributed by atoms with Crippen molar-refractivity contribution in [3.8, 4) is 11.1 Å². The van der Waals surface area contributed by atoms with E-state index in [1.165, 1.54) is 60.3 Å². The Morgan fingerprint density at radius 1 is 0.407 bits per heavy atom. The maximum Gasteiger partial charge on any atom is 0.0617 e. The van der Waals surface area contributed by atoms with Crippen LogP contribution in [0.25, 0.3) is 49.1 Å². The van der Waals surface area contributed by atoms with E-state index in [1.807, 2.05) is 0 Å². The van der Waals surface area contributed by atoms with Gasteiger partial charge in [0.2, 0.25) is 0 Å². The van der Waals surface area contributed by atoms with Gasteiger partial charge in [-0.1, -0.05) is 111 Å². The van der Waals surface area contributed by atoms with Gasteiger partial charge < -0.3 is 14.2 Å². The van der Waals surface area contributed by atoms with Crippen LogP contribution in [0.3, 0.4) is 0 Å². The second-order valence-electron chi connectivity index (χ2n) is 15.0. The van der Waals surface area contributed by atoms with Crippen LogP contribution in [-0.4, -0.2) is 4.40 Å². The lowest BCUT2D eigenvalue weighted by atomic mass is 9.84. The lowest BCUT2D eigenvalue weighted by Gasteiger charge is -2.26. The highest BCUT2D eigenvalue weighted by Crippen LogP contribution is 2.56. The quantitative estimate of drug-likeness (QED) is 0.172. The molecule has 0 N–H and O–H groups in total. The minimum atomic E-state index is -0.200. The SMILES string of the molecule is CC1(C)c2cc3ccc(N(c4ccccc4)c4ccccc4)cc3cc2-c2c1n1c3ccc(N(c4ccccc4)c4ccccc4)cc3c3cccc2c31. The predicted octanol–water partition coefficient (Wildman–Crippen LogP) is 14.1. The van der Waals surface area contributed by atoms with Crippen LogP contribution in [0, 0.1) is 0 Å². The minimum absolute atomic E-state index is 0.200. The van der Waals surface area contributed by atoms with Crippen molar-refractivity contribution >= 4 is 72.1 Å². The monoisotopic (exact) mass is 691 g/mol. The summed E-state index contributed by atoms with van der Waals surface area (Å²) in [6.45, 7) is 4.82. The summed E-state index contributed by atoms with van der Waals surface area (Å²) in [6, 6.07) is 68.4. The maximum atomic E-state index is 2.58. The van der Waals surface area contributed by atoms with Gasteiger partial charge in [-0.25, -0.2) is 0 Å². The molecule has 256 valence electrons. The number of aromatic nitrogens is 1. The van der Waals surface area contributed by atoms with Crippen LogP contribution >= 0.6 is 0 Å². The van der Waals surface area contributed by atoms with Gasteiger partial charge in [-0.15, -0.1) is 0 Å². The summed E-state index contributed by atoms with van der Waals surface area (Å²) in [6.07, 6.45) is 0. The van der Waals surface area contributed by atoms with Crippen LogP contribution in [0.2, 0.25) is 0 Å². The van der Waals surface area contributed by atoms with Crippen LogP contribution in [0.4, 0.5) is 34.1 Å². The van der Waals surface area contributed by atoms with Crippen LogP contribution in [0.5, 0.6) is 0 Å². The molecule has 0 radical (unpaired) electrons. The minimum Gasteiger partial charge on any atom is -0.311 e. The third-order valence-electron chi connectivity index (χ3n) is 11.6. The fourth-order valence-electron chi connectivity index (χ4n) is 9.21. The Labute approximate surface area is 314 Å². The first kappa shape index (κ1) is 30.8. The summed E-state index contributed by atoms with van der Waals surface area (Å²) >= 11 is 0. The highest BCUT2D eigenvalue weighted by atomic mass is 15.1. The van der Waals surface area contributed by atoms with Gasteiger partial charge in [-0.2, -0.15) is 0 Å². The van der Waals surface area contributed by atoms with Crippen molar-refractivity contribution in [3.05, 3.63) is 199 Å². The fraction of sp³-hybridized carbons (Fsp3) is 0.0588. The summed E-state index contributed by atoms with van der Waals surface area (Å²) in [5.74, 6) is 0. The number of anilines is 6. The van der Waals surface area contributed by atoms with Crippen molar-refractivity contribution in [3.63, 3.8) is 0 Å². The van der Waals surface area contributed by atoms with Crippen molar-refractivity contribution < 1.29 is 0 Å². The predicted molar refractivity (Wildman–Crippen MR) is 228 cm³/mol. The van der Waals surface area contributed by atoms with Gasteiger partial charge in [0.25, 0.3) is 0 Å². The summed E-state index contributed by atoms with van der Waals surface area (Å²) in [5.41, 5.74) is 14.7. The van der Waals surface area contributed by atoms with E-state index in [1.54, 1.807) is 0 Å². The fourth-order valence-corrected chi connectivity index (χ4v) is 9.21. The Hall–Kier alpha value is -6.84. The van der Waals surface area contributed by atoms with Gasteiger partial charge >= 0.3 is 0 Å². The maximum absolute atomic E-state index is 2.58. The van der Waals surface area contributed by atoms with Crippen molar-refractivity contribution in [2.75, 3.05) is 9.80 Å². The zero-order chi connectivity index (χ0) is 36.0. The number of nitrogens with zero attached hydrogens (tertiary/aromatic N) is 3. The van der Waals surface area contributed by atoms with E-state index in [4.69, 9.17) is 0 Å². The molecule has 54 heavy (non-hydrogen) atoms. The normalized spacial score (nSPS) is 13.1. The topological polar surface area (TPSA) is 10.9 Å². The van der Waals surface area contributed by atoms with Crippen LogP contribution in [0.1, 0.15) is 25.1 Å². The molecule has 1 aliphatic rings. The summed E-state index contributed by atoms with van der Waals surface area (Å²) in [7, 11) is 0. The van der Waals surface area contributed by atoms with Crippen molar-refractivity contribution in [2.24, 2.45) is 0 Å². The Morgan fingerprint density at radius 3 is 1.50 bits per heavy atom. The number of hydrogen-bond donors (Lipinski definition) is 0. The van der Waals surface area contributed by atoms with Crippen molar-refractivity contribution in [2.45, 2.75) is 19.3 Å². The lowest BCUT2D eigenvalue weighted by Crippen LogP contribution is -2.17. The molecule has 0 fully saturated rings. The zero-order valence-corrected chi connectivity index (χ0v) is 30.2. The smallest absolute Gasteiger partial charge is 0.0617 e.